The van der Waals surface area contributed by atoms with Crippen molar-refractivity contribution in [2.45, 2.75) is 44.7 Å². The van der Waals surface area contributed by atoms with Gasteiger partial charge in [0.05, 0.1) is 6.04 Å². The Labute approximate surface area is 121 Å². The molecule has 0 aromatic heterocycles. The molecule has 2 atom stereocenters. The van der Waals surface area contributed by atoms with Crippen molar-refractivity contribution in [2.24, 2.45) is 5.92 Å². The molecule has 3 nitrogen and oxygen atoms in total. The smallest absolute Gasteiger partial charge is 0.227 e. The van der Waals surface area contributed by atoms with Gasteiger partial charge in [0.1, 0.15) is 0 Å². The summed E-state index contributed by atoms with van der Waals surface area (Å²) in [6, 6.07) is 9.42. The van der Waals surface area contributed by atoms with Crippen molar-refractivity contribution in [3.63, 3.8) is 0 Å². The van der Waals surface area contributed by atoms with E-state index in [0.717, 1.165) is 19.4 Å². The molecule has 2 aliphatic rings. The molecule has 1 amide bonds. The summed E-state index contributed by atoms with van der Waals surface area (Å²) in [5.41, 5.74) is 2.81. The van der Waals surface area contributed by atoms with Gasteiger partial charge in [0.15, 0.2) is 0 Å². The second kappa shape index (κ2) is 5.57. The van der Waals surface area contributed by atoms with E-state index < -0.39 is 0 Å². The van der Waals surface area contributed by atoms with Crippen LogP contribution in [0.3, 0.4) is 0 Å². The fourth-order valence-electron chi connectivity index (χ4n) is 3.41. The standard InChI is InChI=1S/C17H24N2O/c1-12(11-18-2)17(20)19(14-8-9-14)16-10-7-13-5-3-4-6-15(13)16/h3-6,12,14,16,18H,7-11H2,1-2H3. The summed E-state index contributed by atoms with van der Waals surface area (Å²) in [6.07, 6.45) is 4.55. The van der Waals surface area contributed by atoms with Crippen molar-refractivity contribution < 1.29 is 4.79 Å². The fraction of sp³-hybridized carbons (Fsp3) is 0.588. The molecular weight excluding hydrogens is 248 g/mol. The van der Waals surface area contributed by atoms with E-state index in [2.05, 4.69) is 34.5 Å². The lowest BCUT2D eigenvalue weighted by Gasteiger charge is -2.32. The lowest BCUT2D eigenvalue weighted by Crippen LogP contribution is -2.41. The van der Waals surface area contributed by atoms with Gasteiger partial charge in [-0.25, -0.2) is 0 Å². The number of hydrogen-bond acceptors (Lipinski definition) is 2. The summed E-state index contributed by atoms with van der Waals surface area (Å²) >= 11 is 0. The molecule has 2 aliphatic carbocycles. The monoisotopic (exact) mass is 272 g/mol. The zero-order valence-corrected chi connectivity index (χ0v) is 12.4. The van der Waals surface area contributed by atoms with Gasteiger partial charge in [-0.05, 0) is 43.9 Å². The number of nitrogens with zero attached hydrogens (tertiary/aromatic N) is 1. The molecule has 108 valence electrons. The third kappa shape index (κ3) is 2.47. The Morgan fingerprint density at radius 3 is 2.80 bits per heavy atom. The highest BCUT2D eigenvalue weighted by molar-refractivity contribution is 5.80. The van der Waals surface area contributed by atoms with Crippen LogP contribution in [0.1, 0.15) is 43.4 Å². The van der Waals surface area contributed by atoms with E-state index in [1.54, 1.807) is 0 Å². The van der Waals surface area contributed by atoms with E-state index in [0.29, 0.717) is 18.0 Å². The van der Waals surface area contributed by atoms with E-state index >= 15 is 0 Å². The summed E-state index contributed by atoms with van der Waals surface area (Å²) in [4.78, 5) is 15.0. The Balaban J connectivity index is 1.84. The highest BCUT2D eigenvalue weighted by atomic mass is 16.2. The molecule has 20 heavy (non-hydrogen) atoms. The largest absolute Gasteiger partial charge is 0.332 e. The third-order valence-corrected chi connectivity index (χ3v) is 4.56. The Hall–Kier alpha value is -1.35. The molecular formula is C17H24N2O. The van der Waals surface area contributed by atoms with Gasteiger partial charge in [0.2, 0.25) is 5.91 Å². The number of benzene rings is 1. The van der Waals surface area contributed by atoms with Crippen molar-refractivity contribution in [1.82, 2.24) is 10.2 Å². The van der Waals surface area contributed by atoms with E-state index in [4.69, 9.17) is 0 Å². The Bertz CT molecular complexity index is 496. The van der Waals surface area contributed by atoms with Gasteiger partial charge in [-0.1, -0.05) is 31.2 Å². The molecule has 1 fully saturated rings. The minimum absolute atomic E-state index is 0.0633. The highest BCUT2D eigenvalue weighted by Gasteiger charge is 2.41. The van der Waals surface area contributed by atoms with Gasteiger partial charge in [-0.2, -0.15) is 0 Å². The first-order chi connectivity index (χ1) is 9.72. The SMILES string of the molecule is CNCC(C)C(=O)N(C1CC1)C1CCc2ccccc21. The molecule has 3 heteroatoms. The van der Waals surface area contributed by atoms with Gasteiger partial charge < -0.3 is 10.2 Å². The van der Waals surface area contributed by atoms with Crippen LogP contribution < -0.4 is 5.32 Å². The van der Waals surface area contributed by atoms with Crippen LogP contribution >= 0.6 is 0 Å². The molecule has 1 aromatic carbocycles. The molecule has 0 spiro atoms. The number of carbonyl (C=O) groups excluding carboxylic acids is 1. The number of carbonyl (C=O) groups is 1. The minimum atomic E-state index is 0.0633. The van der Waals surface area contributed by atoms with Crippen LogP contribution in [0.25, 0.3) is 0 Å². The lowest BCUT2D eigenvalue weighted by molar-refractivity contribution is -0.138. The van der Waals surface area contributed by atoms with Gasteiger partial charge in [0, 0.05) is 18.5 Å². The van der Waals surface area contributed by atoms with E-state index in [1.807, 2.05) is 14.0 Å². The maximum Gasteiger partial charge on any atom is 0.227 e. The molecule has 2 unspecified atom stereocenters. The van der Waals surface area contributed by atoms with E-state index in [1.165, 1.54) is 24.0 Å². The zero-order valence-electron chi connectivity index (χ0n) is 12.4. The highest BCUT2D eigenvalue weighted by Crippen LogP contribution is 2.42. The van der Waals surface area contributed by atoms with Gasteiger partial charge >= 0.3 is 0 Å². The summed E-state index contributed by atoms with van der Waals surface area (Å²) < 4.78 is 0. The quantitative estimate of drug-likeness (QED) is 0.893. The fourth-order valence-corrected chi connectivity index (χ4v) is 3.41. The molecule has 0 radical (unpaired) electrons. The van der Waals surface area contributed by atoms with Crippen molar-refractivity contribution in [2.75, 3.05) is 13.6 Å². The van der Waals surface area contributed by atoms with Crippen LogP contribution in [0.2, 0.25) is 0 Å². The zero-order chi connectivity index (χ0) is 14.1. The molecule has 0 heterocycles. The number of aryl methyl sites for hydroxylation is 1. The van der Waals surface area contributed by atoms with Gasteiger partial charge in [0.25, 0.3) is 0 Å². The van der Waals surface area contributed by atoms with Crippen LogP contribution in [-0.2, 0) is 11.2 Å². The Morgan fingerprint density at radius 2 is 2.10 bits per heavy atom. The first kappa shape index (κ1) is 13.6. The summed E-state index contributed by atoms with van der Waals surface area (Å²) in [6.45, 7) is 2.80. The van der Waals surface area contributed by atoms with Crippen LogP contribution in [0.5, 0.6) is 0 Å². The number of hydrogen-bond donors (Lipinski definition) is 1. The molecule has 1 N–H and O–H groups in total. The summed E-state index contributed by atoms with van der Waals surface area (Å²) in [5.74, 6) is 0.386. The van der Waals surface area contributed by atoms with Crippen molar-refractivity contribution >= 4 is 5.91 Å². The number of rotatable bonds is 5. The van der Waals surface area contributed by atoms with Crippen LogP contribution in [0.15, 0.2) is 24.3 Å². The number of amides is 1. The van der Waals surface area contributed by atoms with Crippen LogP contribution in [0, 0.1) is 5.92 Å². The van der Waals surface area contributed by atoms with Crippen molar-refractivity contribution in [1.29, 1.82) is 0 Å². The van der Waals surface area contributed by atoms with Gasteiger partial charge in [-0.3, -0.25) is 4.79 Å². The molecule has 0 bridgehead atoms. The second-order valence-corrected chi connectivity index (χ2v) is 6.19. The van der Waals surface area contributed by atoms with E-state index in [-0.39, 0.29) is 5.92 Å². The average molecular weight is 272 g/mol. The number of nitrogens with one attached hydrogen (secondary N) is 1. The third-order valence-electron chi connectivity index (χ3n) is 4.56. The second-order valence-electron chi connectivity index (χ2n) is 6.19. The first-order valence-electron chi connectivity index (χ1n) is 7.77. The van der Waals surface area contributed by atoms with Crippen LogP contribution in [0.4, 0.5) is 0 Å². The summed E-state index contributed by atoms with van der Waals surface area (Å²) in [5, 5.41) is 3.12. The molecule has 1 aromatic rings. The van der Waals surface area contributed by atoms with Crippen molar-refractivity contribution in [3.05, 3.63) is 35.4 Å². The predicted molar refractivity (Wildman–Crippen MR) is 80.5 cm³/mol. The molecule has 0 aliphatic heterocycles. The topological polar surface area (TPSA) is 32.3 Å². The maximum absolute atomic E-state index is 12.8. The normalized spacial score (nSPS) is 22.4. The minimum Gasteiger partial charge on any atom is -0.332 e. The summed E-state index contributed by atoms with van der Waals surface area (Å²) in [7, 11) is 1.91. The van der Waals surface area contributed by atoms with E-state index in [9.17, 15) is 4.79 Å². The molecule has 3 rings (SSSR count). The molecule has 1 saturated carbocycles. The van der Waals surface area contributed by atoms with Crippen molar-refractivity contribution in [3.8, 4) is 0 Å². The lowest BCUT2D eigenvalue weighted by atomic mass is 10.0. The Morgan fingerprint density at radius 1 is 1.35 bits per heavy atom. The average Bonchev–Trinajstić information content (AvgIpc) is 3.20. The number of fused-ring (bicyclic) bond motifs is 1. The molecule has 0 saturated heterocycles. The van der Waals surface area contributed by atoms with Crippen LogP contribution in [-0.4, -0.2) is 30.4 Å². The predicted octanol–water partition coefficient (Wildman–Crippen LogP) is 2.52. The first-order valence-corrected chi connectivity index (χ1v) is 7.77. The van der Waals surface area contributed by atoms with Gasteiger partial charge in [-0.15, -0.1) is 0 Å². The Kier molecular flexibility index (Phi) is 3.79. The maximum atomic E-state index is 12.8.